The lowest BCUT2D eigenvalue weighted by atomic mass is 9.90. The van der Waals surface area contributed by atoms with Crippen molar-refractivity contribution in [1.82, 2.24) is 9.47 Å². The van der Waals surface area contributed by atoms with E-state index < -0.39 is 0 Å². The molecular weight excluding hydrogens is 504 g/mol. The lowest BCUT2D eigenvalue weighted by Crippen LogP contribution is -2.39. The van der Waals surface area contributed by atoms with Crippen molar-refractivity contribution in [3.8, 4) is 6.07 Å². The number of hydrogen-bond donors (Lipinski definition) is 0. The SMILES string of the molecule is COCCCN1C(=O)/C(=C/c2c(C)c(C#N)c(=O)n(C)c2N2CCC(Cc3ccccc3)CC2)SC1=S. The molecule has 0 unspecified atom stereocenters. The highest BCUT2D eigenvalue weighted by Gasteiger charge is 2.33. The molecule has 7 nitrogen and oxygen atoms in total. The summed E-state index contributed by atoms with van der Waals surface area (Å²) in [6.07, 6.45) is 5.55. The van der Waals surface area contributed by atoms with Crippen molar-refractivity contribution in [2.75, 3.05) is 38.3 Å². The van der Waals surface area contributed by atoms with Crippen LogP contribution in [0.25, 0.3) is 6.08 Å². The molecule has 0 atom stereocenters. The number of benzene rings is 1. The van der Waals surface area contributed by atoms with Gasteiger partial charge in [0.25, 0.3) is 11.5 Å². The zero-order chi connectivity index (χ0) is 26.5. The molecule has 1 aromatic carbocycles. The molecule has 2 aromatic rings. The Morgan fingerprint density at radius 1 is 1.22 bits per heavy atom. The number of methoxy groups -OCH3 is 1. The molecule has 0 N–H and O–H groups in total. The highest BCUT2D eigenvalue weighted by molar-refractivity contribution is 8.26. The van der Waals surface area contributed by atoms with E-state index in [4.69, 9.17) is 17.0 Å². The van der Waals surface area contributed by atoms with Gasteiger partial charge in [0.1, 0.15) is 21.8 Å². The topological polar surface area (TPSA) is 78.6 Å². The minimum atomic E-state index is -0.314. The minimum Gasteiger partial charge on any atom is -0.385 e. The smallest absolute Gasteiger partial charge is 0.270 e. The molecule has 1 amide bonds. The predicted molar refractivity (Wildman–Crippen MR) is 153 cm³/mol. The van der Waals surface area contributed by atoms with Gasteiger partial charge in [-0.05, 0) is 55.7 Å². The summed E-state index contributed by atoms with van der Waals surface area (Å²) in [5.41, 5.74) is 2.46. The first-order valence-corrected chi connectivity index (χ1v) is 13.7. The molecular formula is C28H32N4O3S2. The van der Waals surface area contributed by atoms with Gasteiger partial charge in [0.2, 0.25) is 0 Å². The molecule has 3 heterocycles. The number of nitrogens with zero attached hydrogens (tertiary/aromatic N) is 4. The summed E-state index contributed by atoms with van der Waals surface area (Å²) < 4.78 is 7.19. The van der Waals surface area contributed by atoms with Crippen molar-refractivity contribution in [2.45, 2.75) is 32.6 Å². The number of amides is 1. The molecule has 194 valence electrons. The summed E-state index contributed by atoms with van der Waals surface area (Å²) in [6, 6.07) is 12.6. The van der Waals surface area contributed by atoms with E-state index in [1.54, 1.807) is 30.5 Å². The van der Waals surface area contributed by atoms with Crippen LogP contribution in [0.2, 0.25) is 0 Å². The number of pyridine rings is 1. The summed E-state index contributed by atoms with van der Waals surface area (Å²) in [5.74, 6) is 1.18. The number of carbonyl (C=O) groups is 1. The minimum absolute atomic E-state index is 0.104. The van der Waals surface area contributed by atoms with Crippen molar-refractivity contribution in [3.05, 3.63) is 67.8 Å². The van der Waals surface area contributed by atoms with Crippen molar-refractivity contribution < 1.29 is 9.53 Å². The largest absolute Gasteiger partial charge is 0.385 e. The van der Waals surface area contributed by atoms with Crippen LogP contribution in [-0.2, 0) is 23.0 Å². The highest BCUT2D eigenvalue weighted by atomic mass is 32.2. The number of rotatable bonds is 8. The molecule has 2 saturated heterocycles. The molecule has 1 aromatic heterocycles. The van der Waals surface area contributed by atoms with Crippen LogP contribution in [0.15, 0.2) is 40.0 Å². The Kier molecular flexibility index (Phi) is 8.85. The molecule has 0 saturated carbocycles. The summed E-state index contributed by atoms with van der Waals surface area (Å²) in [5, 5.41) is 9.73. The number of hydrogen-bond acceptors (Lipinski definition) is 7. The van der Waals surface area contributed by atoms with E-state index in [0.717, 1.165) is 43.7 Å². The number of aromatic nitrogens is 1. The summed E-state index contributed by atoms with van der Waals surface area (Å²) in [7, 11) is 3.34. The Hall–Kier alpha value is -2.93. The van der Waals surface area contributed by atoms with E-state index in [2.05, 4.69) is 35.2 Å². The third-order valence-electron chi connectivity index (χ3n) is 7.13. The van der Waals surface area contributed by atoms with E-state index in [9.17, 15) is 14.9 Å². The second kappa shape index (κ2) is 12.1. The fourth-order valence-electron chi connectivity index (χ4n) is 5.08. The molecule has 4 rings (SSSR count). The number of carbonyl (C=O) groups excluding carboxylic acids is 1. The average molecular weight is 537 g/mol. The lowest BCUT2D eigenvalue weighted by Gasteiger charge is -2.36. The van der Waals surface area contributed by atoms with E-state index in [-0.39, 0.29) is 17.0 Å². The first-order chi connectivity index (χ1) is 17.8. The van der Waals surface area contributed by atoms with Crippen LogP contribution in [0.4, 0.5) is 5.82 Å². The van der Waals surface area contributed by atoms with Gasteiger partial charge in [-0.25, -0.2) is 0 Å². The predicted octanol–water partition coefficient (Wildman–Crippen LogP) is 4.26. The second-order valence-electron chi connectivity index (χ2n) is 9.51. The monoisotopic (exact) mass is 536 g/mol. The summed E-state index contributed by atoms with van der Waals surface area (Å²) in [4.78, 5) is 30.6. The van der Waals surface area contributed by atoms with Gasteiger partial charge in [-0.15, -0.1) is 0 Å². The molecule has 2 aliphatic rings. The number of piperidine rings is 1. The lowest BCUT2D eigenvalue weighted by molar-refractivity contribution is -0.122. The zero-order valence-electron chi connectivity index (χ0n) is 21.5. The van der Waals surface area contributed by atoms with E-state index in [0.29, 0.717) is 40.3 Å². The van der Waals surface area contributed by atoms with Gasteiger partial charge < -0.3 is 9.64 Å². The maximum Gasteiger partial charge on any atom is 0.270 e. The van der Waals surface area contributed by atoms with Crippen LogP contribution in [0, 0.1) is 24.2 Å². The van der Waals surface area contributed by atoms with Crippen LogP contribution >= 0.6 is 24.0 Å². The van der Waals surface area contributed by atoms with Crippen molar-refractivity contribution >= 4 is 46.1 Å². The van der Waals surface area contributed by atoms with E-state index in [1.165, 1.54) is 17.3 Å². The third-order valence-corrected chi connectivity index (χ3v) is 8.51. The Labute approximate surface area is 227 Å². The molecule has 0 radical (unpaired) electrons. The van der Waals surface area contributed by atoms with Crippen molar-refractivity contribution in [1.29, 1.82) is 5.26 Å². The Bertz CT molecular complexity index is 1310. The third kappa shape index (κ3) is 5.82. The zero-order valence-corrected chi connectivity index (χ0v) is 23.2. The fourth-order valence-corrected chi connectivity index (χ4v) is 6.37. The van der Waals surface area contributed by atoms with Crippen LogP contribution in [0.5, 0.6) is 0 Å². The maximum absolute atomic E-state index is 13.2. The van der Waals surface area contributed by atoms with E-state index >= 15 is 0 Å². The number of thiocarbonyl (C=S) groups is 1. The van der Waals surface area contributed by atoms with Gasteiger partial charge in [-0.2, -0.15) is 5.26 Å². The number of anilines is 1. The summed E-state index contributed by atoms with van der Waals surface area (Å²) in [6.45, 7) is 4.43. The molecule has 9 heteroatoms. The first kappa shape index (κ1) is 27.1. The molecule has 0 aliphatic carbocycles. The molecule has 37 heavy (non-hydrogen) atoms. The Morgan fingerprint density at radius 3 is 2.57 bits per heavy atom. The molecule has 0 spiro atoms. The number of thioether (sulfide) groups is 1. The van der Waals surface area contributed by atoms with Gasteiger partial charge in [-0.1, -0.05) is 54.3 Å². The average Bonchev–Trinajstić information content (AvgIpc) is 3.16. The van der Waals surface area contributed by atoms with Crippen LogP contribution in [-0.4, -0.2) is 53.0 Å². The maximum atomic E-state index is 13.2. The van der Waals surface area contributed by atoms with Crippen LogP contribution < -0.4 is 10.5 Å². The molecule has 2 fully saturated rings. The van der Waals surface area contributed by atoms with Crippen LogP contribution in [0.1, 0.15) is 41.5 Å². The van der Waals surface area contributed by atoms with Gasteiger partial charge in [0.05, 0.1) is 4.91 Å². The highest BCUT2D eigenvalue weighted by Crippen LogP contribution is 2.36. The normalized spacial score (nSPS) is 17.6. The molecule has 0 bridgehead atoms. The van der Waals surface area contributed by atoms with Gasteiger partial charge in [0, 0.05) is 46.0 Å². The van der Waals surface area contributed by atoms with Crippen molar-refractivity contribution in [2.24, 2.45) is 13.0 Å². The fraction of sp³-hybridized carbons (Fsp3) is 0.429. The Morgan fingerprint density at radius 2 is 1.92 bits per heavy atom. The van der Waals surface area contributed by atoms with Crippen LogP contribution in [0.3, 0.4) is 0 Å². The Balaban J connectivity index is 1.64. The van der Waals surface area contributed by atoms with Gasteiger partial charge in [-0.3, -0.25) is 19.1 Å². The van der Waals surface area contributed by atoms with E-state index in [1.807, 2.05) is 12.1 Å². The summed E-state index contributed by atoms with van der Waals surface area (Å²) >= 11 is 6.74. The van der Waals surface area contributed by atoms with Crippen molar-refractivity contribution in [3.63, 3.8) is 0 Å². The molecule has 2 aliphatic heterocycles. The second-order valence-corrected chi connectivity index (χ2v) is 11.2. The quantitative estimate of drug-likeness (QED) is 0.283. The standard InChI is InChI=1S/C28H32N4O3S2/c1-19-22(17-24-27(34)32(28(36)37-24)12-7-15-35-3)25(30(2)26(33)23(19)18-29)31-13-10-21(11-14-31)16-20-8-5-4-6-9-20/h4-6,8-9,17,21H,7,10-16H2,1-3H3/b24-17-. The number of ether oxygens (including phenoxy) is 1. The first-order valence-electron chi connectivity index (χ1n) is 12.5. The van der Waals surface area contributed by atoms with Gasteiger partial charge in [0.15, 0.2) is 0 Å². The number of nitriles is 1. The van der Waals surface area contributed by atoms with Gasteiger partial charge >= 0.3 is 0 Å².